The minimum atomic E-state index is -0.274. The average molecular weight is 305 g/mol. The van der Waals surface area contributed by atoms with Gasteiger partial charge >= 0.3 is 6.03 Å². The maximum atomic E-state index is 12.0. The van der Waals surface area contributed by atoms with Crippen molar-refractivity contribution in [2.24, 2.45) is 0 Å². The van der Waals surface area contributed by atoms with E-state index in [1.54, 1.807) is 21.2 Å². The van der Waals surface area contributed by atoms with Gasteiger partial charge in [-0.1, -0.05) is 6.07 Å². The molecule has 0 heterocycles. The van der Waals surface area contributed by atoms with E-state index in [2.05, 4.69) is 10.6 Å². The topological polar surface area (TPSA) is 70.7 Å². The molecule has 0 radical (unpaired) electrons. The predicted molar refractivity (Wildman–Crippen MR) is 83.9 cm³/mol. The second-order valence-electron chi connectivity index (χ2n) is 5.63. The normalized spacial score (nSPS) is 16.4. The molecule has 0 aliphatic heterocycles. The van der Waals surface area contributed by atoms with Crippen LogP contribution in [0.3, 0.4) is 0 Å². The van der Waals surface area contributed by atoms with Crippen LogP contribution in [0.5, 0.6) is 5.75 Å². The summed E-state index contributed by atoms with van der Waals surface area (Å²) in [5.41, 5.74) is 2.35. The summed E-state index contributed by atoms with van der Waals surface area (Å²) < 4.78 is 5.24. The molecule has 0 bridgehead atoms. The number of benzene rings is 1. The molecule has 1 aliphatic rings. The first-order valence-corrected chi connectivity index (χ1v) is 7.42. The van der Waals surface area contributed by atoms with E-state index in [9.17, 15) is 9.59 Å². The van der Waals surface area contributed by atoms with Gasteiger partial charge in [0.05, 0.1) is 19.7 Å². The lowest BCUT2D eigenvalue weighted by atomic mass is 9.87. The Kier molecular flexibility index (Phi) is 5.25. The molecule has 1 aliphatic carbocycles. The number of urea groups is 1. The van der Waals surface area contributed by atoms with Crippen molar-refractivity contribution < 1.29 is 14.3 Å². The monoisotopic (exact) mass is 305 g/mol. The minimum absolute atomic E-state index is 0.00147. The van der Waals surface area contributed by atoms with Crippen LogP contribution in [-0.2, 0) is 11.2 Å². The van der Waals surface area contributed by atoms with E-state index in [1.807, 2.05) is 18.2 Å². The highest BCUT2D eigenvalue weighted by atomic mass is 16.5. The van der Waals surface area contributed by atoms with Crippen molar-refractivity contribution in [2.75, 3.05) is 27.7 Å². The fourth-order valence-electron chi connectivity index (χ4n) is 2.63. The molecular formula is C16H23N3O3. The molecule has 0 saturated carbocycles. The Morgan fingerprint density at radius 3 is 2.82 bits per heavy atom. The van der Waals surface area contributed by atoms with Gasteiger partial charge in [0, 0.05) is 14.1 Å². The Hall–Kier alpha value is -2.24. The highest BCUT2D eigenvalue weighted by Crippen LogP contribution is 2.32. The van der Waals surface area contributed by atoms with Crippen LogP contribution in [0.25, 0.3) is 0 Å². The van der Waals surface area contributed by atoms with Crippen LogP contribution in [0.4, 0.5) is 4.79 Å². The molecule has 3 amide bonds. The molecule has 0 aromatic heterocycles. The van der Waals surface area contributed by atoms with Crippen molar-refractivity contribution in [3.8, 4) is 5.75 Å². The molecule has 0 fully saturated rings. The number of nitrogens with one attached hydrogen (secondary N) is 2. The lowest BCUT2D eigenvalue weighted by Crippen LogP contribution is -2.42. The smallest absolute Gasteiger partial charge is 0.317 e. The van der Waals surface area contributed by atoms with Crippen molar-refractivity contribution in [1.29, 1.82) is 0 Å². The largest absolute Gasteiger partial charge is 0.497 e. The van der Waals surface area contributed by atoms with Gasteiger partial charge < -0.3 is 20.3 Å². The summed E-state index contributed by atoms with van der Waals surface area (Å²) in [5.74, 6) is 0.660. The molecule has 1 aromatic rings. The van der Waals surface area contributed by atoms with Gasteiger partial charge in [0.25, 0.3) is 0 Å². The maximum Gasteiger partial charge on any atom is 0.317 e. The van der Waals surface area contributed by atoms with Crippen LogP contribution < -0.4 is 15.4 Å². The van der Waals surface area contributed by atoms with Crippen molar-refractivity contribution in [2.45, 2.75) is 25.3 Å². The van der Waals surface area contributed by atoms with E-state index < -0.39 is 0 Å². The van der Waals surface area contributed by atoms with Crippen LogP contribution in [0.1, 0.15) is 30.0 Å². The van der Waals surface area contributed by atoms with Crippen molar-refractivity contribution in [3.05, 3.63) is 29.3 Å². The van der Waals surface area contributed by atoms with E-state index in [4.69, 9.17) is 4.74 Å². The van der Waals surface area contributed by atoms with Gasteiger partial charge in [-0.05, 0) is 42.5 Å². The predicted octanol–water partition coefficient (Wildman–Crippen LogP) is 1.46. The first-order chi connectivity index (χ1) is 10.5. The Bertz CT molecular complexity index is 558. The van der Waals surface area contributed by atoms with Crippen molar-refractivity contribution in [3.63, 3.8) is 0 Å². The summed E-state index contributed by atoms with van der Waals surface area (Å²) in [7, 11) is 4.92. The van der Waals surface area contributed by atoms with Crippen LogP contribution >= 0.6 is 0 Å². The minimum Gasteiger partial charge on any atom is -0.497 e. The van der Waals surface area contributed by atoms with Gasteiger partial charge in [0.2, 0.25) is 5.91 Å². The number of carbonyl (C=O) groups is 2. The van der Waals surface area contributed by atoms with Gasteiger partial charge in [0.15, 0.2) is 0 Å². The number of rotatable bonds is 4. The third kappa shape index (κ3) is 3.90. The summed E-state index contributed by atoms with van der Waals surface area (Å²) in [5, 5.41) is 5.56. The van der Waals surface area contributed by atoms with E-state index in [0.29, 0.717) is 0 Å². The first-order valence-electron chi connectivity index (χ1n) is 7.42. The molecule has 1 aromatic carbocycles. The van der Waals surface area contributed by atoms with Gasteiger partial charge in [0.1, 0.15) is 5.75 Å². The van der Waals surface area contributed by atoms with E-state index >= 15 is 0 Å². The third-order valence-corrected chi connectivity index (χ3v) is 3.81. The van der Waals surface area contributed by atoms with E-state index in [1.165, 1.54) is 10.5 Å². The second-order valence-corrected chi connectivity index (χ2v) is 5.63. The molecule has 1 atom stereocenters. The number of amides is 3. The summed E-state index contributed by atoms with van der Waals surface area (Å²) in [6.07, 6.45) is 2.93. The lowest BCUT2D eigenvalue weighted by Gasteiger charge is -2.27. The highest BCUT2D eigenvalue weighted by Gasteiger charge is 2.22. The Labute approximate surface area is 130 Å². The number of fused-ring (bicyclic) bond motifs is 1. The zero-order valence-electron chi connectivity index (χ0n) is 13.3. The third-order valence-electron chi connectivity index (χ3n) is 3.81. The maximum absolute atomic E-state index is 12.0. The molecule has 6 heteroatoms. The molecule has 0 unspecified atom stereocenters. The van der Waals surface area contributed by atoms with Crippen molar-refractivity contribution >= 4 is 11.9 Å². The SMILES string of the molecule is COc1ccc2c(c1)CCC[C@@H]2NC(=O)CNC(=O)N(C)C. The molecule has 22 heavy (non-hydrogen) atoms. The quantitative estimate of drug-likeness (QED) is 0.885. The summed E-state index contributed by atoms with van der Waals surface area (Å²) >= 11 is 0. The highest BCUT2D eigenvalue weighted by molar-refractivity contribution is 5.84. The number of nitrogens with zero attached hydrogens (tertiary/aromatic N) is 1. The van der Waals surface area contributed by atoms with Crippen LogP contribution in [-0.4, -0.2) is 44.6 Å². The van der Waals surface area contributed by atoms with Crippen LogP contribution in [0.15, 0.2) is 18.2 Å². The summed E-state index contributed by atoms with van der Waals surface area (Å²) in [4.78, 5) is 24.8. The number of methoxy groups -OCH3 is 1. The van der Waals surface area contributed by atoms with Gasteiger partial charge in [-0.2, -0.15) is 0 Å². The van der Waals surface area contributed by atoms with Crippen molar-refractivity contribution in [1.82, 2.24) is 15.5 Å². The zero-order chi connectivity index (χ0) is 16.1. The van der Waals surface area contributed by atoms with Crippen LogP contribution in [0, 0.1) is 0 Å². The molecule has 6 nitrogen and oxygen atoms in total. The number of carbonyl (C=O) groups excluding carboxylic acids is 2. The standard InChI is InChI=1S/C16H23N3O3/c1-19(2)16(21)17-10-15(20)18-14-6-4-5-11-9-12(22-3)7-8-13(11)14/h7-9,14H,4-6,10H2,1-3H3,(H,17,21)(H,18,20)/t14-/m0/s1. The average Bonchev–Trinajstić information content (AvgIpc) is 2.52. The number of hydrogen-bond donors (Lipinski definition) is 2. The Morgan fingerprint density at radius 1 is 1.36 bits per heavy atom. The second kappa shape index (κ2) is 7.15. The van der Waals surface area contributed by atoms with E-state index in [-0.39, 0.29) is 24.5 Å². The number of ether oxygens (including phenoxy) is 1. The fraction of sp³-hybridized carbons (Fsp3) is 0.500. The zero-order valence-corrected chi connectivity index (χ0v) is 13.3. The lowest BCUT2D eigenvalue weighted by molar-refractivity contribution is -0.120. The first kappa shape index (κ1) is 16.1. The van der Waals surface area contributed by atoms with Gasteiger partial charge in [-0.3, -0.25) is 4.79 Å². The molecule has 120 valence electrons. The molecule has 0 spiro atoms. The molecular weight excluding hydrogens is 282 g/mol. The molecule has 2 rings (SSSR count). The molecule has 2 N–H and O–H groups in total. The van der Waals surface area contributed by atoms with Crippen LogP contribution in [0.2, 0.25) is 0 Å². The van der Waals surface area contributed by atoms with Gasteiger partial charge in [-0.25, -0.2) is 4.79 Å². The summed E-state index contributed by atoms with van der Waals surface area (Å²) in [6.45, 7) is -0.0149. The molecule has 0 saturated heterocycles. The summed E-state index contributed by atoms with van der Waals surface area (Å²) in [6, 6.07) is 5.68. The Balaban J connectivity index is 1.97. The van der Waals surface area contributed by atoms with Gasteiger partial charge in [-0.15, -0.1) is 0 Å². The number of hydrogen-bond acceptors (Lipinski definition) is 3. The number of aryl methyl sites for hydroxylation is 1. The fourth-order valence-corrected chi connectivity index (χ4v) is 2.63. The Morgan fingerprint density at radius 2 is 2.14 bits per heavy atom. The van der Waals surface area contributed by atoms with E-state index in [0.717, 1.165) is 30.6 Å².